The fraction of sp³-hybridized carbons (Fsp3) is 0.208. The van der Waals surface area contributed by atoms with E-state index in [9.17, 15) is 13.2 Å². The first-order valence-corrected chi connectivity index (χ1v) is 10.8. The van der Waals surface area contributed by atoms with Gasteiger partial charge in [0.2, 0.25) is 0 Å². The minimum Gasteiger partial charge on any atom is -0.361 e. The third kappa shape index (κ3) is 4.31. The maximum absolute atomic E-state index is 12.8. The highest BCUT2D eigenvalue weighted by molar-refractivity contribution is 6.30. The summed E-state index contributed by atoms with van der Waals surface area (Å²) in [5, 5.41) is 8.56. The molecule has 6 nitrogen and oxygen atoms in total. The summed E-state index contributed by atoms with van der Waals surface area (Å²) in [6.07, 6.45) is 2.08. The second-order valence-corrected chi connectivity index (χ2v) is 8.57. The van der Waals surface area contributed by atoms with Crippen molar-refractivity contribution in [2.75, 3.05) is 0 Å². The van der Waals surface area contributed by atoms with Crippen molar-refractivity contribution in [3.63, 3.8) is 0 Å². The van der Waals surface area contributed by atoms with Crippen LogP contribution >= 0.6 is 11.6 Å². The van der Waals surface area contributed by atoms with E-state index >= 15 is 0 Å². The fourth-order valence-electron chi connectivity index (χ4n) is 4.10. The largest absolute Gasteiger partial charge is 0.408 e. The number of halogens is 4. The number of hydrogen-bond acceptors (Lipinski definition) is 4. The molecule has 0 fully saturated rings. The maximum Gasteiger partial charge on any atom is 0.408 e. The van der Waals surface area contributed by atoms with Crippen molar-refractivity contribution < 1.29 is 17.7 Å². The summed E-state index contributed by atoms with van der Waals surface area (Å²) in [6, 6.07) is 9.49. The van der Waals surface area contributed by atoms with Crippen LogP contribution in [0.15, 0.2) is 59.6 Å². The zero-order valence-electron chi connectivity index (χ0n) is 18.3. The Kier molecular flexibility index (Phi) is 5.44. The zero-order valence-corrected chi connectivity index (χ0v) is 19.0. The zero-order chi connectivity index (χ0) is 24.0. The average Bonchev–Trinajstić information content (AvgIpc) is 3.46. The lowest BCUT2D eigenvalue weighted by atomic mass is 10.1. The van der Waals surface area contributed by atoms with Crippen molar-refractivity contribution in [3.05, 3.63) is 77.2 Å². The molecule has 0 unspecified atom stereocenters. The van der Waals surface area contributed by atoms with E-state index in [1.165, 1.54) is 12.4 Å². The molecule has 0 radical (unpaired) electrons. The molecule has 5 rings (SSSR count). The van der Waals surface area contributed by atoms with Gasteiger partial charge in [0, 0.05) is 52.4 Å². The van der Waals surface area contributed by atoms with Crippen molar-refractivity contribution in [2.45, 2.75) is 33.1 Å². The van der Waals surface area contributed by atoms with Crippen molar-refractivity contribution in [1.82, 2.24) is 24.5 Å². The molecule has 4 heterocycles. The summed E-state index contributed by atoms with van der Waals surface area (Å²) in [5.41, 5.74) is 6.23. The summed E-state index contributed by atoms with van der Waals surface area (Å²) in [7, 11) is 0. The molecule has 174 valence electrons. The van der Waals surface area contributed by atoms with Gasteiger partial charge in [-0.2, -0.15) is 18.3 Å². The van der Waals surface area contributed by atoms with E-state index in [-0.39, 0.29) is 0 Å². The molecule has 34 heavy (non-hydrogen) atoms. The van der Waals surface area contributed by atoms with Crippen LogP contribution in [0, 0.1) is 13.8 Å². The smallest absolute Gasteiger partial charge is 0.361 e. The predicted molar refractivity (Wildman–Crippen MR) is 123 cm³/mol. The lowest BCUT2D eigenvalue weighted by molar-refractivity contribution is -0.142. The van der Waals surface area contributed by atoms with Crippen LogP contribution in [0.25, 0.3) is 33.3 Å². The van der Waals surface area contributed by atoms with E-state index in [2.05, 4.69) is 15.2 Å². The van der Waals surface area contributed by atoms with Crippen LogP contribution < -0.4 is 0 Å². The van der Waals surface area contributed by atoms with Crippen molar-refractivity contribution >= 4 is 22.6 Å². The Morgan fingerprint density at radius 2 is 1.79 bits per heavy atom. The van der Waals surface area contributed by atoms with Crippen LogP contribution in [0.1, 0.15) is 17.0 Å². The number of aromatic nitrogens is 5. The van der Waals surface area contributed by atoms with Gasteiger partial charge < -0.3 is 9.09 Å². The quantitative estimate of drug-likeness (QED) is 0.287. The predicted octanol–water partition coefficient (Wildman–Crippen LogP) is 6.44. The third-order valence-corrected chi connectivity index (χ3v) is 5.84. The number of benzene rings is 1. The monoisotopic (exact) mass is 485 g/mol. The number of aryl methyl sites for hydroxylation is 2. The van der Waals surface area contributed by atoms with Crippen molar-refractivity contribution in [1.29, 1.82) is 0 Å². The maximum atomic E-state index is 12.8. The molecule has 0 bridgehead atoms. The normalized spacial score (nSPS) is 12.1. The molecule has 0 amide bonds. The van der Waals surface area contributed by atoms with Crippen LogP contribution in [-0.2, 0) is 13.1 Å². The average molecular weight is 486 g/mol. The summed E-state index contributed by atoms with van der Waals surface area (Å²) < 4.78 is 46.7. The minimum atomic E-state index is -4.35. The number of fused-ring (bicyclic) bond motifs is 1. The molecular weight excluding hydrogens is 467 g/mol. The number of nitrogens with zero attached hydrogens (tertiary/aromatic N) is 5. The van der Waals surface area contributed by atoms with Gasteiger partial charge in [0.05, 0.1) is 22.9 Å². The van der Waals surface area contributed by atoms with Gasteiger partial charge in [0.25, 0.3) is 0 Å². The molecule has 0 atom stereocenters. The second kappa shape index (κ2) is 8.32. The number of rotatable bonds is 5. The summed E-state index contributed by atoms with van der Waals surface area (Å²) >= 11 is 6.03. The summed E-state index contributed by atoms with van der Waals surface area (Å²) in [4.78, 5) is 4.69. The van der Waals surface area contributed by atoms with Crippen molar-refractivity contribution in [3.8, 4) is 22.3 Å². The first kappa shape index (κ1) is 22.2. The first-order chi connectivity index (χ1) is 16.2. The molecule has 0 aliphatic rings. The molecule has 10 heteroatoms. The molecule has 5 aromatic rings. The van der Waals surface area contributed by atoms with Crippen LogP contribution in [0.5, 0.6) is 0 Å². The fourth-order valence-corrected chi connectivity index (χ4v) is 4.23. The molecule has 0 saturated heterocycles. The van der Waals surface area contributed by atoms with Gasteiger partial charge in [0.15, 0.2) is 0 Å². The Bertz CT molecular complexity index is 1460. The molecule has 0 saturated carbocycles. The van der Waals surface area contributed by atoms with Crippen LogP contribution in [0.4, 0.5) is 13.2 Å². The first-order valence-electron chi connectivity index (χ1n) is 10.4. The Hall–Kier alpha value is -3.59. The van der Waals surface area contributed by atoms with Gasteiger partial charge in [-0.05, 0) is 37.6 Å². The number of hydrogen-bond donors (Lipinski definition) is 0. The summed E-state index contributed by atoms with van der Waals surface area (Å²) in [6.45, 7) is 3.08. The van der Waals surface area contributed by atoms with E-state index in [1.807, 2.05) is 54.9 Å². The highest BCUT2D eigenvalue weighted by Crippen LogP contribution is 2.34. The van der Waals surface area contributed by atoms with Crippen LogP contribution in [0.2, 0.25) is 5.02 Å². The van der Waals surface area contributed by atoms with E-state index in [4.69, 9.17) is 16.1 Å². The molecule has 0 N–H and O–H groups in total. The van der Waals surface area contributed by atoms with Crippen LogP contribution in [-0.4, -0.2) is 30.7 Å². The van der Waals surface area contributed by atoms with E-state index in [1.54, 1.807) is 6.20 Å². The van der Waals surface area contributed by atoms with Crippen LogP contribution in [0.3, 0.4) is 0 Å². The third-order valence-electron chi connectivity index (χ3n) is 5.59. The highest BCUT2D eigenvalue weighted by Gasteiger charge is 2.28. The SMILES string of the molecule is Cc1noc(C)c1-c1cnc2c(-c3cnn(CC(F)(F)F)c3)cn(Cc3ccc(Cl)cc3)c2c1. The molecule has 0 spiro atoms. The standard InChI is InChI=1S/C24H19ClF3N5O/c1-14-22(15(2)34-31-14)17-7-21-23(29-8-17)20(18-9-30-33(11-18)13-24(26,27)28)12-32(21)10-16-3-5-19(25)6-4-16/h3-9,11-12H,10,13H2,1-2H3. The lowest BCUT2D eigenvalue weighted by Crippen LogP contribution is -2.17. The lowest BCUT2D eigenvalue weighted by Gasteiger charge is -2.07. The van der Waals surface area contributed by atoms with Gasteiger partial charge in [-0.25, -0.2) is 0 Å². The number of pyridine rings is 1. The molecule has 0 aliphatic carbocycles. The van der Waals surface area contributed by atoms with Gasteiger partial charge >= 0.3 is 6.18 Å². The van der Waals surface area contributed by atoms with Gasteiger partial charge in [-0.1, -0.05) is 28.9 Å². The van der Waals surface area contributed by atoms with Gasteiger partial charge in [-0.15, -0.1) is 0 Å². The molecule has 0 aliphatic heterocycles. The summed E-state index contributed by atoms with van der Waals surface area (Å²) in [5.74, 6) is 0.683. The second-order valence-electron chi connectivity index (χ2n) is 8.13. The highest BCUT2D eigenvalue weighted by atomic mass is 35.5. The van der Waals surface area contributed by atoms with E-state index in [0.717, 1.165) is 32.6 Å². The molecule has 4 aromatic heterocycles. The van der Waals surface area contributed by atoms with E-state index < -0.39 is 12.7 Å². The Balaban J connectivity index is 1.64. The van der Waals surface area contributed by atoms with Crippen molar-refractivity contribution in [2.24, 2.45) is 0 Å². The molecular formula is C24H19ClF3N5O. The van der Waals surface area contributed by atoms with E-state index in [0.29, 0.717) is 34.0 Å². The number of alkyl halides is 3. The topological polar surface area (TPSA) is 61.7 Å². The van der Waals surface area contributed by atoms with Gasteiger partial charge in [0.1, 0.15) is 12.3 Å². The Morgan fingerprint density at radius 3 is 2.47 bits per heavy atom. The Labute approximate surface area is 197 Å². The van der Waals surface area contributed by atoms with Gasteiger partial charge in [-0.3, -0.25) is 9.67 Å². The Morgan fingerprint density at radius 1 is 1.03 bits per heavy atom. The molecule has 1 aromatic carbocycles. The minimum absolute atomic E-state index is 0.525.